The van der Waals surface area contributed by atoms with Gasteiger partial charge in [-0.2, -0.15) is 0 Å². The molecule has 2 N–H and O–H groups in total. The van der Waals surface area contributed by atoms with Gasteiger partial charge >= 0.3 is 0 Å². The second-order valence-corrected chi connectivity index (χ2v) is 5.61. The van der Waals surface area contributed by atoms with E-state index >= 15 is 0 Å². The number of rotatable bonds is 4. The summed E-state index contributed by atoms with van der Waals surface area (Å²) in [6, 6.07) is 14.5. The second-order valence-electron chi connectivity index (χ2n) is 5.17. The maximum atomic E-state index is 5.80. The highest BCUT2D eigenvalue weighted by Crippen LogP contribution is 2.22. The largest absolute Gasteiger partial charge is 0.389 e. The zero-order valence-electron chi connectivity index (χ0n) is 12.2. The molecule has 0 bridgehead atoms. The van der Waals surface area contributed by atoms with Crippen LogP contribution in [0.5, 0.6) is 0 Å². The smallest absolute Gasteiger partial charge is 0.106 e. The third-order valence-electron chi connectivity index (χ3n) is 3.49. The Hall–Kier alpha value is -1.87. The Labute approximate surface area is 126 Å². The summed E-state index contributed by atoms with van der Waals surface area (Å²) in [5.41, 5.74) is 11.7. The molecule has 0 aliphatic carbocycles. The van der Waals surface area contributed by atoms with Gasteiger partial charge in [0.05, 0.1) is 0 Å². The molecule has 0 aromatic heterocycles. The van der Waals surface area contributed by atoms with Gasteiger partial charge in [-0.05, 0) is 37.1 Å². The fourth-order valence-corrected chi connectivity index (χ4v) is 2.50. The lowest BCUT2D eigenvalue weighted by Gasteiger charge is -2.23. The Kier molecular flexibility index (Phi) is 4.40. The Morgan fingerprint density at radius 1 is 1.15 bits per heavy atom. The minimum absolute atomic E-state index is 0.438. The fourth-order valence-electron chi connectivity index (χ4n) is 2.33. The van der Waals surface area contributed by atoms with Gasteiger partial charge in [-0.1, -0.05) is 48.1 Å². The third kappa shape index (κ3) is 3.17. The molecule has 0 amide bonds. The maximum Gasteiger partial charge on any atom is 0.106 e. The third-order valence-corrected chi connectivity index (χ3v) is 3.71. The zero-order valence-corrected chi connectivity index (χ0v) is 13.0. The van der Waals surface area contributed by atoms with E-state index in [1.807, 2.05) is 18.2 Å². The minimum atomic E-state index is 0.438. The molecule has 0 unspecified atom stereocenters. The average Bonchev–Trinajstić information content (AvgIpc) is 2.42. The van der Waals surface area contributed by atoms with Crippen molar-refractivity contribution in [1.82, 2.24) is 0 Å². The van der Waals surface area contributed by atoms with Gasteiger partial charge in [-0.25, -0.2) is 0 Å². The summed E-state index contributed by atoms with van der Waals surface area (Å²) in [5.74, 6) is 0. The van der Waals surface area contributed by atoms with Crippen molar-refractivity contribution in [3.8, 4) is 0 Å². The van der Waals surface area contributed by atoms with Gasteiger partial charge in [0.2, 0.25) is 0 Å². The number of thiocarbonyl (C=S) groups is 1. The molecule has 0 heterocycles. The monoisotopic (exact) mass is 284 g/mol. The zero-order chi connectivity index (χ0) is 14.7. The van der Waals surface area contributed by atoms with E-state index in [0.717, 1.165) is 17.8 Å². The van der Waals surface area contributed by atoms with Crippen LogP contribution in [0.4, 0.5) is 5.69 Å². The van der Waals surface area contributed by atoms with E-state index in [1.54, 1.807) is 0 Å². The number of hydrogen-bond donors (Lipinski definition) is 1. The van der Waals surface area contributed by atoms with Crippen LogP contribution in [0, 0.1) is 13.8 Å². The van der Waals surface area contributed by atoms with Crippen LogP contribution in [0.15, 0.2) is 42.5 Å². The quantitative estimate of drug-likeness (QED) is 0.870. The molecule has 0 fully saturated rings. The number of nitrogens with zero attached hydrogens (tertiary/aromatic N) is 1. The van der Waals surface area contributed by atoms with Gasteiger partial charge < -0.3 is 10.6 Å². The first kappa shape index (κ1) is 14.5. The molecule has 20 heavy (non-hydrogen) atoms. The van der Waals surface area contributed by atoms with Gasteiger partial charge in [0.1, 0.15) is 4.99 Å². The maximum absolute atomic E-state index is 5.80. The van der Waals surface area contributed by atoms with Crippen molar-refractivity contribution in [2.45, 2.75) is 20.4 Å². The Morgan fingerprint density at radius 3 is 2.55 bits per heavy atom. The summed E-state index contributed by atoms with van der Waals surface area (Å²) >= 11 is 5.13. The Bertz CT molecular complexity index is 635. The predicted octanol–water partition coefficient (Wildman–Crippen LogP) is 3.57. The van der Waals surface area contributed by atoms with Crippen molar-refractivity contribution < 1.29 is 0 Å². The summed E-state index contributed by atoms with van der Waals surface area (Å²) in [5, 5.41) is 0. The normalized spacial score (nSPS) is 10.3. The lowest BCUT2D eigenvalue weighted by molar-refractivity contribution is 0.911. The SMILES string of the molecule is Cc1ccc(C)c(CN(C)c2ccccc2C(N)=S)c1. The standard InChI is InChI=1S/C17H20N2S/c1-12-8-9-13(2)14(10-12)11-19(3)16-7-5-4-6-15(16)17(18)20/h4-10H,11H2,1-3H3,(H2,18,20). The van der Waals surface area contributed by atoms with E-state index in [2.05, 4.69) is 50.1 Å². The topological polar surface area (TPSA) is 29.3 Å². The molecule has 0 radical (unpaired) electrons. The van der Waals surface area contributed by atoms with Crippen molar-refractivity contribution >= 4 is 22.9 Å². The molecule has 0 atom stereocenters. The molecule has 2 rings (SSSR count). The minimum Gasteiger partial charge on any atom is -0.389 e. The molecular weight excluding hydrogens is 264 g/mol. The van der Waals surface area contributed by atoms with Gasteiger partial charge in [-0.3, -0.25) is 0 Å². The fraction of sp³-hybridized carbons (Fsp3) is 0.235. The molecule has 0 aliphatic heterocycles. The molecule has 0 spiro atoms. The molecule has 3 heteroatoms. The van der Waals surface area contributed by atoms with Crippen molar-refractivity contribution in [2.24, 2.45) is 5.73 Å². The van der Waals surface area contributed by atoms with Crippen molar-refractivity contribution in [1.29, 1.82) is 0 Å². The van der Waals surface area contributed by atoms with Gasteiger partial charge in [-0.15, -0.1) is 0 Å². The van der Waals surface area contributed by atoms with Crippen LogP contribution >= 0.6 is 12.2 Å². The van der Waals surface area contributed by atoms with Crippen LogP contribution in [0.1, 0.15) is 22.3 Å². The van der Waals surface area contributed by atoms with E-state index in [9.17, 15) is 0 Å². The number of aryl methyl sites for hydroxylation is 2. The van der Waals surface area contributed by atoms with Crippen LogP contribution in [-0.2, 0) is 6.54 Å². The molecule has 2 aromatic carbocycles. The highest BCUT2D eigenvalue weighted by Gasteiger charge is 2.10. The van der Waals surface area contributed by atoms with Crippen LogP contribution in [0.3, 0.4) is 0 Å². The number of anilines is 1. The lowest BCUT2D eigenvalue weighted by Crippen LogP contribution is -2.21. The summed E-state index contributed by atoms with van der Waals surface area (Å²) < 4.78 is 0. The molecular formula is C17H20N2S. The number of nitrogens with two attached hydrogens (primary N) is 1. The highest BCUT2D eigenvalue weighted by molar-refractivity contribution is 7.80. The van der Waals surface area contributed by atoms with E-state index in [-0.39, 0.29) is 0 Å². The van der Waals surface area contributed by atoms with E-state index in [0.29, 0.717) is 4.99 Å². The first-order valence-electron chi connectivity index (χ1n) is 6.65. The number of para-hydroxylation sites is 1. The number of benzene rings is 2. The van der Waals surface area contributed by atoms with Crippen molar-refractivity contribution in [3.63, 3.8) is 0 Å². The highest BCUT2D eigenvalue weighted by atomic mass is 32.1. The summed E-state index contributed by atoms with van der Waals surface area (Å²) in [7, 11) is 2.07. The lowest BCUT2D eigenvalue weighted by atomic mass is 10.0. The van der Waals surface area contributed by atoms with Crippen LogP contribution < -0.4 is 10.6 Å². The number of hydrogen-bond acceptors (Lipinski definition) is 2. The average molecular weight is 284 g/mol. The van der Waals surface area contributed by atoms with E-state index < -0.39 is 0 Å². The van der Waals surface area contributed by atoms with Gasteiger partial charge in [0, 0.05) is 24.8 Å². The first-order chi connectivity index (χ1) is 9.49. The van der Waals surface area contributed by atoms with Crippen LogP contribution in [0.2, 0.25) is 0 Å². The predicted molar refractivity (Wildman–Crippen MR) is 90.4 cm³/mol. The van der Waals surface area contributed by atoms with Crippen molar-refractivity contribution in [2.75, 3.05) is 11.9 Å². The molecule has 2 aromatic rings. The summed E-state index contributed by atoms with van der Waals surface area (Å²) in [6.07, 6.45) is 0. The molecule has 0 aliphatic rings. The van der Waals surface area contributed by atoms with E-state index in [4.69, 9.17) is 18.0 Å². The molecule has 0 saturated heterocycles. The summed E-state index contributed by atoms with van der Waals surface area (Å²) in [4.78, 5) is 2.63. The molecule has 2 nitrogen and oxygen atoms in total. The Morgan fingerprint density at radius 2 is 1.85 bits per heavy atom. The molecule has 104 valence electrons. The first-order valence-corrected chi connectivity index (χ1v) is 7.06. The van der Waals surface area contributed by atoms with Gasteiger partial charge in [0.25, 0.3) is 0 Å². The second kappa shape index (κ2) is 6.06. The molecule has 0 saturated carbocycles. The van der Waals surface area contributed by atoms with Crippen LogP contribution in [0.25, 0.3) is 0 Å². The van der Waals surface area contributed by atoms with E-state index in [1.165, 1.54) is 16.7 Å². The Balaban J connectivity index is 2.31. The van der Waals surface area contributed by atoms with Gasteiger partial charge in [0.15, 0.2) is 0 Å². The summed E-state index contributed by atoms with van der Waals surface area (Å²) in [6.45, 7) is 5.10. The van der Waals surface area contributed by atoms with Crippen LogP contribution in [-0.4, -0.2) is 12.0 Å². The van der Waals surface area contributed by atoms with Crippen molar-refractivity contribution in [3.05, 3.63) is 64.7 Å².